The lowest BCUT2D eigenvalue weighted by Gasteiger charge is -2.10. The minimum absolute atomic E-state index is 0.117. The van der Waals surface area contributed by atoms with E-state index in [1.807, 2.05) is 24.3 Å². The molecule has 0 saturated carbocycles. The van der Waals surface area contributed by atoms with E-state index in [0.717, 1.165) is 29.8 Å². The predicted molar refractivity (Wildman–Crippen MR) is 80.2 cm³/mol. The molecule has 0 fully saturated rings. The molecule has 1 unspecified atom stereocenters. The zero-order chi connectivity index (χ0) is 14.1. The Labute approximate surface area is 120 Å². The van der Waals surface area contributed by atoms with E-state index in [2.05, 4.69) is 12.2 Å². The molecule has 1 amide bonds. The Kier molecular flexibility index (Phi) is 7.53. The van der Waals surface area contributed by atoms with Crippen molar-refractivity contribution in [1.82, 2.24) is 5.32 Å². The van der Waals surface area contributed by atoms with Gasteiger partial charge in [-0.1, -0.05) is 30.7 Å². The van der Waals surface area contributed by atoms with Gasteiger partial charge in [0, 0.05) is 18.0 Å². The normalized spacial score (nSPS) is 12.2. The van der Waals surface area contributed by atoms with E-state index in [4.69, 9.17) is 17.3 Å². The maximum Gasteiger partial charge on any atom is 0.220 e. The number of benzene rings is 1. The molecule has 106 valence electrons. The van der Waals surface area contributed by atoms with Gasteiger partial charge in [-0.25, -0.2) is 0 Å². The second-order valence-corrected chi connectivity index (χ2v) is 5.39. The topological polar surface area (TPSA) is 55.1 Å². The van der Waals surface area contributed by atoms with E-state index in [0.29, 0.717) is 25.4 Å². The fraction of sp³-hybridized carbons (Fsp3) is 0.533. The molecule has 3 N–H and O–H groups in total. The third-order valence-electron chi connectivity index (χ3n) is 3.15. The fourth-order valence-corrected chi connectivity index (χ4v) is 2.15. The zero-order valence-corrected chi connectivity index (χ0v) is 12.2. The Bertz CT molecular complexity index is 395. The Morgan fingerprint density at radius 2 is 2.21 bits per heavy atom. The number of nitrogens with one attached hydrogen (secondary N) is 1. The third-order valence-corrected chi connectivity index (χ3v) is 3.38. The molecular weight excluding hydrogens is 260 g/mol. The van der Waals surface area contributed by atoms with Gasteiger partial charge in [0.25, 0.3) is 0 Å². The number of rotatable bonds is 8. The van der Waals surface area contributed by atoms with Crippen LogP contribution in [0, 0.1) is 5.92 Å². The minimum Gasteiger partial charge on any atom is -0.356 e. The van der Waals surface area contributed by atoms with Crippen molar-refractivity contribution in [1.29, 1.82) is 0 Å². The first-order valence-electron chi connectivity index (χ1n) is 6.83. The molecule has 1 aromatic carbocycles. The summed E-state index contributed by atoms with van der Waals surface area (Å²) in [6.07, 6.45) is 3.28. The average Bonchev–Trinajstić information content (AvgIpc) is 2.37. The minimum atomic E-state index is 0.117. The lowest BCUT2D eigenvalue weighted by molar-refractivity contribution is -0.121. The molecular formula is C15H23ClN2O. The molecule has 0 bridgehead atoms. The van der Waals surface area contributed by atoms with Gasteiger partial charge in [0.1, 0.15) is 0 Å². The highest BCUT2D eigenvalue weighted by atomic mass is 35.5. The van der Waals surface area contributed by atoms with Gasteiger partial charge in [0.2, 0.25) is 5.91 Å². The van der Waals surface area contributed by atoms with Crippen molar-refractivity contribution >= 4 is 17.5 Å². The number of hydrogen-bond donors (Lipinski definition) is 2. The predicted octanol–water partition coefficient (Wildman–Crippen LogP) is 2.76. The third kappa shape index (κ3) is 7.19. The molecule has 1 aromatic rings. The first-order chi connectivity index (χ1) is 9.11. The van der Waals surface area contributed by atoms with Gasteiger partial charge in [-0.3, -0.25) is 4.79 Å². The van der Waals surface area contributed by atoms with Crippen molar-refractivity contribution in [3.63, 3.8) is 0 Å². The molecule has 0 aliphatic rings. The van der Waals surface area contributed by atoms with Gasteiger partial charge in [-0.05, 0) is 49.4 Å². The van der Waals surface area contributed by atoms with Gasteiger partial charge < -0.3 is 11.1 Å². The lowest BCUT2D eigenvalue weighted by Crippen LogP contribution is -2.26. The largest absolute Gasteiger partial charge is 0.356 e. The Morgan fingerprint density at radius 1 is 1.42 bits per heavy atom. The molecule has 0 aromatic heterocycles. The molecule has 3 nitrogen and oxygen atoms in total. The van der Waals surface area contributed by atoms with Crippen molar-refractivity contribution in [3.8, 4) is 0 Å². The van der Waals surface area contributed by atoms with Crippen molar-refractivity contribution < 1.29 is 4.79 Å². The first-order valence-corrected chi connectivity index (χ1v) is 7.21. The number of hydrogen-bond acceptors (Lipinski definition) is 2. The van der Waals surface area contributed by atoms with Gasteiger partial charge >= 0.3 is 0 Å². The van der Waals surface area contributed by atoms with E-state index in [9.17, 15) is 4.79 Å². The Morgan fingerprint density at radius 3 is 2.89 bits per heavy atom. The number of carbonyl (C=O) groups excluding carboxylic acids is 1. The van der Waals surface area contributed by atoms with Crippen molar-refractivity contribution in [3.05, 3.63) is 34.9 Å². The molecule has 0 spiro atoms. The van der Waals surface area contributed by atoms with Crippen LogP contribution in [-0.2, 0) is 11.2 Å². The lowest BCUT2D eigenvalue weighted by atomic mass is 10.0. The highest BCUT2D eigenvalue weighted by molar-refractivity contribution is 6.30. The summed E-state index contributed by atoms with van der Waals surface area (Å²) in [5, 5.41) is 3.67. The number of nitrogens with two attached hydrogens (primary N) is 1. The maximum atomic E-state index is 11.6. The first kappa shape index (κ1) is 16.0. The van der Waals surface area contributed by atoms with Crippen LogP contribution in [0.4, 0.5) is 0 Å². The van der Waals surface area contributed by atoms with Crippen LogP contribution >= 0.6 is 11.6 Å². The second-order valence-electron chi connectivity index (χ2n) is 4.95. The van der Waals surface area contributed by atoms with Crippen LogP contribution in [-0.4, -0.2) is 19.0 Å². The molecule has 1 atom stereocenters. The van der Waals surface area contributed by atoms with Crippen molar-refractivity contribution in [2.45, 2.75) is 32.6 Å². The van der Waals surface area contributed by atoms with Crippen LogP contribution in [0.25, 0.3) is 0 Å². The summed E-state index contributed by atoms with van der Waals surface area (Å²) in [6, 6.07) is 7.72. The summed E-state index contributed by atoms with van der Waals surface area (Å²) < 4.78 is 0. The van der Waals surface area contributed by atoms with E-state index in [1.54, 1.807) is 0 Å². The van der Waals surface area contributed by atoms with Crippen LogP contribution in [0.5, 0.6) is 0 Å². The summed E-state index contributed by atoms with van der Waals surface area (Å²) in [4.78, 5) is 11.6. The van der Waals surface area contributed by atoms with Gasteiger partial charge in [0.05, 0.1) is 0 Å². The molecule has 19 heavy (non-hydrogen) atoms. The molecule has 0 aliphatic heterocycles. The van der Waals surface area contributed by atoms with E-state index < -0.39 is 0 Å². The second kappa shape index (κ2) is 8.94. The van der Waals surface area contributed by atoms with Crippen molar-refractivity contribution in [2.24, 2.45) is 11.7 Å². The average molecular weight is 283 g/mol. The van der Waals surface area contributed by atoms with E-state index in [-0.39, 0.29) is 5.91 Å². The number of halogens is 1. The summed E-state index contributed by atoms with van der Waals surface area (Å²) >= 11 is 5.90. The highest BCUT2D eigenvalue weighted by Gasteiger charge is 2.05. The Balaban J connectivity index is 2.17. The van der Waals surface area contributed by atoms with Crippen LogP contribution in [0.3, 0.4) is 0 Å². The summed E-state index contributed by atoms with van der Waals surface area (Å²) in [7, 11) is 0. The van der Waals surface area contributed by atoms with Crippen LogP contribution < -0.4 is 11.1 Å². The number of amides is 1. The molecule has 1 rings (SSSR count). The van der Waals surface area contributed by atoms with Gasteiger partial charge in [-0.2, -0.15) is 0 Å². The van der Waals surface area contributed by atoms with Gasteiger partial charge in [-0.15, -0.1) is 0 Å². The van der Waals surface area contributed by atoms with Crippen LogP contribution in [0.2, 0.25) is 5.02 Å². The zero-order valence-electron chi connectivity index (χ0n) is 11.5. The maximum absolute atomic E-state index is 11.6. The number of carbonyl (C=O) groups is 1. The molecule has 0 radical (unpaired) electrons. The molecule has 4 heteroatoms. The summed E-state index contributed by atoms with van der Waals surface area (Å²) in [5.74, 6) is 0.634. The van der Waals surface area contributed by atoms with E-state index in [1.165, 1.54) is 0 Å². The smallest absolute Gasteiger partial charge is 0.220 e. The van der Waals surface area contributed by atoms with Crippen molar-refractivity contribution in [2.75, 3.05) is 13.1 Å². The summed E-state index contributed by atoms with van der Waals surface area (Å²) in [5.41, 5.74) is 6.62. The molecule has 0 aliphatic carbocycles. The summed E-state index contributed by atoms with van der Waals surface area (Å²) in [6.45, 7) is 3.48. The standard InChI is InChI=1S/C15H23ClN2O/c1-12(7-9-17)5-6-15(19)18-10-8-13-3-2-4-14(16)11-13/h2-4,11-12H,5-10,17H2,1H3,(H,18,19). The Hall–Kier alpha value is -1.06. The molecule has 0 saturated heterocycles. The van der Waals surface area contributed by atoms with E-state index >= 15 is 0 Å². The van der Waals surface area contributed by atoms with Crippen LogP contribution in [0.15, 0.2) is 24.3 Å². The van der Waals surface area contributed by atoms with Crippen LogP contribution in [0.1, 0.15) is 31.7 Å². The monoisotopic (exact) mass is 282 g/mol. The SMILES string of the molecule is CC(CCN)CCC(=O)NCCc1cccc(Cl)c1. The fourth-order valence-electron chi connectivity index (χ4n) is 1.93. The van der Waals surface area contributed by atoms with Gasteiger partial charge in [0.15, 0.2) is 0 Å². The quantitative estimate of drug-likeness (QED) is 0.770. The molecule has 0 heterocycles. The highest BCUT2D eigenvalue weighted by Crippen LogP contribution is 2.11.